The Balaban J connectivity index is 2.60. The van der Waals surface area contributed by atoms with Crippen LogP contribution in [-0.4, -0.2) is 25.4 Å². The highest BCUT2D eigenvalue weighted by Crippen LogP contribution is 2.16. The van der Waals surface area contributed by atoms with Crippen molar-refractivity contribution in [3.8, 4) is 0 Å². The van der Waals surface area contributed by atoms with Crippen molar-refractivity contribution in [1.82, 2.24) is 10.4 Å². The van der Waals surface area contributed by atoms with Gasteiger partial charge in [0.1, 0.15) is 9.84 Å². The topological polar surface area (TPSA) is 85.1 Å². The molecule has 96 valence electrons. The number of hydrogen-bond acceptors (Lipinski definition) is 5. The lowest BCUT2D eigenvalue weighted by atomic mass is 10.1. The summed E-state index contributed by atoms with van der Waals surface area (Å²) >= 11 is 0. The smallest absolute Gasteiger partial charge is 0.147 e. The Morgan fingerprint density at radius 2 is 2.24 bits per heavy atom. The normalized spacial score (nSPS) is 13.6. The van der Waals surface area contributed by atoms with Gasteiger partial charge < -0.3 is 0 Å². The number of hydrogen-bond donors (Lipinski definition) is 2. The molecular formula is C11H19N3O2S. The summed E-state index contributed by atoms with van der Waals surface area (Å²) in [6.07, 6.45) is 4.19. The summed E-state index contributed by atoms with van der Waals surface area (Å²) in [4.78, 5) is 4.23. The Labute approximate surface area is 102 Å². The predicted molar refractivity (Wildman–Crippen MR) is 68.0 cm³/mol. The molecule has 1 aromatic heterocycles. The maximum absolute atomic E-state index is 11.0. The zero-order chi connectivity index (χ0) is 12.9. The van der Waals surface area contributed by atoms with E-state index >= 15 is 0 Å². The molecule has 0 saturated carbocycles. The lowest BCUT2D eigenvalue weighted by Crippen LogP contribution is -2.29. The summed E-state index contributed by atoms with van der Waals surface area (Å²) in [5, 5.41) is 0. The SMILES string of the molecule is Cc1ccnc(C(CCCS(C)(=O)=O)NN)c1. The Morgan fingerprint density at radius 3 is 2.76 bits per heavy atom. The molecule has 1 atom stereocenters. The first-order valence-corrected chi connectivity index (χ1v) is 7.55. The monoisotopic (exact) mass is 257 g/mol. The molecule has 0 spiro atoms. The van der Waals surface area contributed by atoms with Gasteiger partial charge in [-0.3, -0.25) is 16.3 Å². The van der Waals surface area contributed by atoms with Crippen LogP contribution in [0.25, 0.3) is 0 Å². The van der Waals surface area contributed by atoms with Crippen molar-refractivity contribution < 1.29 is 8.42 Å². The first-order valence-electron chi connectivity index (χ1n) is 5.49. The van der Waals surface area contributed by atoms with E-state index in [1.807, 2.05) is 19.1 Å². The predicted octanol–water partition coefficient (Wildman–Crippen LogP) is 0.719. The van der Waals surface area contributed by atoms with Crippen LogP contribution < -0.4 is 11.3 Å². The molecule has 0 aliphatic rings. The molecule has 1 rings (SSSR count). The maximum Gasteiger partial charge on any atom is 0.147 e. The Morgan fingerprint density at radius 1 is 1.53 bits per heavy atom. The molecule has 0 bridgehead atoms. The highest BCUT2D eigenvalue weighted by molar-refractivity contribution is 7.90. The number of nitrogens with zero attached hydrogens (tertiary/aromatic N) is 1. The molecule has 3 N–H and O–H groups in total. The van der Waals surface area contributed by atoms with E-state index in [-0.39, 0.29) is 11.8 Å². The zero-order valence-corrected chi connectivity index (χ0v) is 11.0. The maximum atomic E-state index is 11.0. The van der Waals surface area contributed by atoms with Crippen molar-refractivity contribution in [3.63, 3.8) is 0 Å². The summed E-state index contributed by atoms with van der Waals surface area (Å²) in [5.74, 6) is 5.64. The van der Waals surface area contributed by atoms with Crippen LogP contribution in [-0.2, 0) is 9.84 Å². The molecule has 17 heavy (non-hydrogen) atoms. The Hall–Kier alpha value is -0.980. The fraction of sp³-hybridized carbons (Fsp3) is 0.545. The van der Waals surface area contributed by atoms with Gasteiger partial charge in [0.15, 0.2) is 0 Å². The van der Waals surface area contributed by atoms with Crippen LogP contribution in [0.15, 0.2) is 18.3 Å². The van der Waals surface area contributed by atoms with Crippen LogP contribution in [0.4, 0.5) is 0 Å². The number of nitrogens with one attached hydrogen (secondary N) is 1. The number of sulfone groups is 1. The van der Waals surface area contributed by atoms with Gasteiger partial charge in [0.2, 0.25) is 0 Å². The van der Waals surface area contributed by atoms with Crippen molar-refractivity contribution in [3.05, 3.63) is 29.6 Å². The third kappa shape index (κ3) is 5.25. The lowest BCUT2D eigenvalue weighted by Gasteiger charge is -2.15. The average molecular weight is 257 g/mol. The van der Waals surface area contributed by atoms with Gasteiger partial charge in [-0.15, -0.1) is 0 Å². The van der Waals surface area contributed by atoms with Gasteiger partial charge in [0.05, 0.1) is 11.7 Å². The van der Waals surface area contributed by atoms with Crippen molar-refractivity contribution in [2.45, 2.75) is 25.8 Å². The molecule has 1 unspecified atom stereocenters. The van der Waals surface area contributed by atoms with Crippen LogP contribution in [0.3, 0.4) is 0 Å². The van der Waals surface area contributed by atoms with E-state index in [2.05, 4.69) is 10.4 Å². The molecule has 0 radical (unpaired) electrons. The van der Waals surface area contributed by atoms with Crippen molar-refractivity contribution in [2.75, 3.05) is 12.0 Å². The van der Waals surface area contributed by atoms with Crippen molar-refractivity contribution >= 4 is 9.84 Å². The minimum atomic E-state index is -2.91. The van der Waals surface area contributed by atoms with Crippen LogP contribution in [0.5, 0.6) is 0 Å². The van der Waals surface area contributed by atoms with Gasteiger partial charge >= 0.3 is 0 Å². The van der Waals surface area contributed by atoms with Gasteiger partial charge in [-0.05, 0) is 37.5 Å². The van der Waals surface area contributed by atoms with Gasteiger partial charge in [-0.1, -0.05) is 0 Å². The third-order valence-electron chi connectivity index (χ3n) is 2.50. The van der Waals surface area contributed by atoms with Crippen molar-refractivity contribution in [1.29, 1.82) is 0 Å². The second kappa shape index (κ2) is 6.09. The van der Waals surface area contributed by atoms with Gasteiger partial charge in [0, 0.05) is 18.2 Å². The molecule has 0 amide bonds. The van der Waals surface area contributed by atoms with E-state index in [0.717, 1.165) is 11.3 Å². The first-order chi connectivity index (χ1) is 7.92. The van der Waals surface area contributed by atoms with Crippen LogP contribution >= 0.6 is 0 Å². The van der Waals surface area contributed by atoms with Gasteiger partial charge in [-0.25, -0.2) is 8.42 Å². The van der Waals surface area contributed by atoms with E-state index in [1.165, 1.54) is 6.26 Å². The summed E-state index contributed by atoms with van der Waals surface area (Å²) in [6.45, 7) is 1.98. The number of aromatic nitrogens is 1. The first kappa shape index (κ1) is 14.1. The molecule has 0 aliphatic carbocycles. The summed E-state index contributed by atoms with van der Waals surface area (Å²) in [5.41, 5.74) is 4.63. The number of hydrazine groups is 1. The molecule has 6 heteroatoms. The summed E-state index contributed by atoms with van der Waals surface area (Å²) in [6, 6.07) is 3.76. The fourth-order valence-electron chi connectivity index (χ4n) is 1.62. The third-order valence-corrected chi connectivity index (χ3v) is 3.53. The largest absolute Gasteiger partial charge is 0.271 e. The molecule has 0 fully saturated rings. The number of pyridine rings is 1. The highest BCUT2D eigenvalue weighted by atomic mass is 32.2. The molecule has 0 saturated heterocycles. The van der Waals surface area contributed by atoms with E-state index < -0.39 is 9.84 Å². The minimum Gasteiger partial charge on any atom is -0.271 e. The van der Waals surface area contributed by atoms with Crippen molar-refractivity contribution in [2.24, 2.45) is 5.84 Å². The van der Waals surface area contributed by atoms with Gasteiger partial charge in [-0.2, -0.15) is 0 Å². The standard InChI is InChI=1S/C11H19N3O2S/c1-9-5-6-13-11(8-9)10(14-12)4-3-7-17(2,15)16/h5-6,8,10,14H,3-4,7,12H2,1-2H3. The molecule has 0 aliphatic heterocycles. The highest BCUT2D eigenvalue weighted by Gasteiger charge is 2.12. The van der Waals surface area contributed by atoms with Crippen LogP contribution in [0.2, 0.25) is 0 Å². The zero-order valence-electron chi connectivity index (χ0n) is 10.2. The number of aryl methyl sites for hydroxylation is 1. The van der Waals surface area contributed by atoms with E-state index in [0.29, 0.717) is 12.8 Å². The second-order valence-corrected chi connectivity index (χ2v) is 6.51. The number of rotatable bonds is 6. The van der Waals surface area contributed by atoms with E-state index in [1.54, 1.807) is 6.20 Å². The second-order valence-electron chi connectivity index (χ2n) is 4.25. The molecule has 1 heterocycles. The fourth-order valence-corrected chi connectivity index (χ4v) is 2.31. The minimum absolute atomic E-state index is 0.100. The van der Waals surface area contributed by atoms with Crippen LogP contribution in [0, 0.1) is 6.92 Å². The molecule has 1 aromatic rings. The Bertz CT molecular complexity index is 460. The Kier molecular flexibility index (Phi) is 5.04. The lowest BCUT2D eigenvalue weighted by molar-refractivity contribution is 0.496. The van der Waals surface area contributed by atoms with Crippen LogP contribution in [0.1, 0.15) is 30.1 Å². The molecule has 5 nitrogen and oxygen atoms in total. The summed E-state index contributed by atoms with van der Waals surface area (Å²) in [7, 11) is -2.91. The quantitative estimate of drug-likeness (QED) is 0.579. The van der Waals surface area contributed by atoms with E-state index in [9.17, 15) is 8.42 Å². The summed E-state index contributed by atoms with van der Waals surface area (Å²) < 4.78 is 22.0. The average Bonchev–Trinajstić information content (AvgIpc) is 2.23. The number of nitrogens with two attached hydrogens (primary N) is 1. The molecular weight excluding hydrogens is 238 g/mol. The van der Waals surface area contributed by atoms with Gasteiger partial charge in [0.25, 0.3) is 0 Å². The molecule has 0 aromatic carbocycles. The van der Waals surface area contributed by atoms with E-state index in [4.69, 9.17) is 5.84 Å².